The number of likely N-dealkylation sites (tertiary alicyclic amines) is 1. The summed E-state index contributed by atoms with van der Waals surface area (Å²) in [5.41, 5.74) is 0. The number of hydrogen-bond acceptors (Lipinski definition) is 2. The second-order valence-corrected chi connectivity index (χ2v) is 6.33. The highest BCUT2D eigenvalue weighted by atomic mass is 19.4. The second kappa shape index (κ2) is 7.33. The van der Waals surface area contributed by atoms with Crippen LogP contribution in [0.15, 0.2) is 0 Å². The van der Waals surface area contributed by atoms with Crippen molar-refractivity contribution in [3.05, 3.63) is 0 Å². The minimum atomic E-state index is -4.12. The first-order chi connectivity index (χ1) is 10.4. The molecule has 0 bridgehead atoms. The SMILES string of the molecule is O=C(CC1CCC(C(F)(F)F)CC1)NCC(=O)N1CCCC1. The van der Waals surface area contributed by atoms with Crippen molar-refractivity contribution in [2.45, 2.75) is 51.1 Å². The Bertz CT molecular complexity index is 398. The predicted octanol–water partition coefficient (Wildman–Crippen LogP) is 2.48. The molecular weight excluding hydrogens is 297 g/mol. The molecule has 0 aromatic heterocycles. The Morgan fingerprint density at radius 2 is 1.64 bits per heavy atom. The Balaban J connectivity index is 1.64. The number of carbonyl (C=O) groups is 2. The zero-order chi connectivity index (χ0) is 16.2. The van der Waals surface area contributed by atoms with Gasteiger partial charge in [-0.25, -0.2) is 0 Å². The molecule has 0 unspecified atom stereocenters. The van der Waals surface area contributed by atoms with E-state index >= 15 is 0 Å². The van der Waals surface area contributed by atoms with Crippen molar-refractivity contribution in [2.75, 3.05) is 19.6 Å². The number of rotatable bonds is 4. The minimum Gasteiger partial charge on any atom is -0.347 e. The average molecular weight is 320 g/mol. The Kier molecular flexibility index (Phi) is 5.69. The van der Waals surface area contributed by atoms with Crippen LogP contribution in [0.3, 0.4) is 0 Å². The molecule has 1 saturated heterocycles. The van der Waals surface area contributed by atoms with Gasteiger partial charge in [0.1, 0.15) is 0 Å². The van der Waals surface area contributed by atoms with Gasteiger partial charge in [0.05, 0.1) is 12.5 Å². The van der Waals surface area contributed by atoms with E-state index < -0.39 is 12.1 Å². The van der Waals surface area contributed by atoms with Crippen molar-refractivity contribution in [1.29, 1.82) is 0 Å². The molecule has 0 atom stereocenters. The number of amides is 2. The Labute approximate surface area is 128 Å². The molecule has 1 aliphatic carbocycles. The van der Waals surface area contributed by atoms with Crippen molar-refractivity contribution in [1.82, 2.24) is 10.2 Å². The average Bonchev–Trinajstić information content (AvgIpc) is 2.98. The van der Waals surface area contributed by atoms with Gasteiger partial charge in [-0.1, -0.05) is 0 Å². The third-order valence-corrected chi connectivity index (χ3v) is 4.68. The van der Waals surface area contributed by atoms with Crippen molar-refractivity contribution in [3.63, 3.8) is 0 Å². The molecule has 1 N–H and O–H groups in total. The van der Waals surface area contributed by atoms with Crippen LogP contribution in [0.4, 0.5) is 13.2 Å². The van der Waals surface area contributed by atoms with E-state index in [0.29, 0.717) is 12.8 Å². The van der Waals surface area contributed by atoms with E-state index in [4.69, 9.17) is 0 Å². The number of nitrogens with zero attached hydrogens (tertiary/aromatic N) is 1. The van der Waals surface area contributed by atoms with Crippen molar-refractivity contribution < 1.29 is 22.8 Å². The van der Waals surface area contributed by atoms with Gasteiger partial charge in [-0.3, -0.25) is 9.59 Å². The molecule has 2 aliphatic rings. The first-order valence-electron chi connectivity index (χ1n) is 7.97. The van der Waals surface area contributed by atoms with E-state index in [9.17, 15) is 22.8 Å². The van der Waals surface area contributed by atoms with Gasteiger partial charge in [0.2, 0.25) is 11.8 Å². The molecule has 1 heterocycles. The van der Waals surface area contributed by atoms with Gasteiger partial charge in [0, 0.05) is 19.5 Å². The van der Waals surface area contributed by atoms with E-state index in [1.165, 1.54) is 0 Å². The van der Waals surface area contributed by atoms with Gasteiger partial charge in [-0.05, 0) is 44.4 Å². The fourth-order valence-corrected chi connectivity index (χ4v) is 3.28. The summed E-state index contributed by atoms with van der Waals surface area (Å²) < 4.78 is 37.7. The van der Waals surface area contributed by atoms with Crippen LogP contribution in [0.2, 0.25) is 0 Å². The van der Waals surface area contributed by atoms with E-state index in [0.717, 1.165) is 25.9 Å². The van der Waals surface area contributed by atoms with Crippen LogP contribution in [0.5, 0.6) is 0 Å². The van der Waals surface area contributed by atoms with Crippen LogP contribution >= 0.6 is 0 Å². The zero-order valence-electron chi connectivity index (χ0n) is 12.6. The number of nitrogens with one attached hydrogen (secondary N) is 1. The van der Waals surface area contributed by atoms with Crippen LogP contribution in [0.1, 0.15) is 44.9 Å². The molecule has 7 heteroatoms. The van der Waals surface area contributed by atoms with Gasteiger partial charge in [-0.15, -0.1) is 0 Å². The van der Waals surface area contributed by atoms with Crippen molar-refractivity contribution in [3.8, 4) is 0 Å². The Morgan fingerprint density at radius 1 is 1.05 bits per heavy atom. The summed E-state index contributed by atoms with van der Waals surface area (Å²) in [5, 5.41) is 2.60. The van der Waals surface area contributed by atoms with E-state index in [1.807, 2.05) is 0 Å². The molecule has 22 heavy (non-hydrogen) atoms. The van der Waals surface area contributed by atoms with Gasteiger partial charge in [-0.2, -0.15) is 13.2 Å². The molecule has 0 aromatic rings. The van der Waals surface area contributed by atoms with Crippen LogP contribution in [0.25, 0.3) is 0 Å². The lowest BCUT2D eigenvalue weighted by atomic mass is 9.80. The van der Waals surface area contributed by atoms with E-state index in [1.54, 1.807) is 4.90 Å². The highest BCUT2D eigenvalue weighted by Crippen LogP contribution is 2.40. The first-order valence-corrected chi connectivity index (χ1v) is 7.97. The summed E-state index contributed by atoms with van der Waals surface area (Å²) in [7, 11) is 0. The molecule has 2 fully saturated rings. The minimum absolute atomic E-state index is 0.000453. The van der Waals surface area contributed by atoms with Crippen LogP contribution in [-0.2, 0) is 9.59 Å². The lowest BCUT2D eigenvalue weighted by Gasteiger charge is -2.29. The summed E-state index contributed by atoms with van der Waals surface area (Å²) in [4.78, 5) is 25.3. The lowest BCUT2D eigenvalue weighted by molar-refractivity contribution is -0.184. The Morgan fingerprint density at radius 3 is 2.18 bits per heavy atom. The Hall–Kier alpha value is -1.27. The maximum Gasteiger partial charge on any atom is 0.391 e. The third kappa shape index (κ3) is 4.88. The summed E-state index contributed by atoms with van der Waals surface area (Å²) in [5.74, 6) is -1.53. The normalized spacial score (nSPS) is 26.0. The lowest BCUT2D eigenvalue weighted by Crippen LogP contribution is -2.39. The van der Waals surface area contributed by atoms with Crippen LogP contribution in [0, 0.1) is 11.8 Å². The molecule has 0 aromatic carbocycles. The van der Waals surface area contributed by atoms with Gasteiger partial charge in [0.25, 0.3) is 0 Å². The quantitative estimate of drug-likeness (QED) is 0.865. The highest BCUT2D eigenvalue weighted by Gasteiger charge is 2.41. The fourth-order valence-electron chi connectivity index (χ4n) is 3.28. The summed E-state index contributed by atoms with van der Waals surface area (Å²) >= 11 is 0. The van der Waals surface area contributed by atoms with Crippen molar-refractivity contribution in [2.24, 2.45) is 11.8 Å². The molecule has 2 amide bonds. The number of halogens is 3. The topological polar surface area (TPSA) is 49.4 Å². The molecule has 0 spiro atoms. The monoisotopic (exact) mass is 320 g/mol. The largest absolute Gasteiger partial charge is 0.391 e. The number of carbonyl (C=O) groups excluding carboxylic acids is 2. The summed E-state index contributed by atoms with van der Waals surface area (Å²) in [6.07, 6.45) is -0.824. The molecule has 0 radical (unpaired) electrons. The van der Waals surface area contributed by atoms with E-state index in [-0.39, 0.29) is 43.5 Å². The molecule has 4 nitrogen and oxygen atoms in total. The zero-order valence-corrected chi connectivity index (χ0v) is 12.6. The van der Waals surface area contributed by atoms with Crippen LogP contribution < -0.4 is 5.32 Å². The number of alkyl halides is 3. The highest BCUT2D eigenvalue weighted by molar-refractivity contribution is 5.84. The smallest absolute Gasteiger partial charge is 0.347 e. The van der Waals surface area contributed by atoms with Crippen molar-refractivity contribution >= 4 is 11.8 Å². The van der Waals surface area contributed by atoms with Gasteiger partial charge >= 0.3 is 6.18 Å². The molecule has 126 valence electrons. The number of hydrogen-bond donors (Lipinski definition) is 1. The second-order valence-electron chi connectivity index (χ2n) is 6.33. The molecule has 1 saturated carbocycles. The maximum atomic E-state index is 12.6. The van der Waals surface area contributed by atoms with Gasteiger partial charge < -0.3 is 10.2 Å². The third-order valence-electron chi connectivity index (χ3n) is 4.68. The van der Waals surface area contributed by atoms with Gasteiger partial charge in [0.15, 0.2) is 0 Å². The standard InChI is InChI=1S/C15H23F3N2O2/c16-15(17,18)12-5-3-11(4-6-12)9-13(21)19-10-14(22)20-7-1-2-8-20/h11-12H,1-10H2,(H,19,21). The maximum absolute atomic E-state index is 12.6. The molecule has 1 aliphatic heterocycles. The fraction of sp³-hybridized carbons (Fsp3) is 0.867. The molecule has 2 rings (SSSR count). The van der Waals surface area contributed by atoms with E-state index in [2.05, 4.69) is 5.32 Å². The first kappa shape index (κ1) is 17.1. The summed E-state index contributed by atoms with van der Waals surface area (Å²) in [6, 6.07) is 0. The summed E-state index contributed by atoms with van der Waals surface area (Å²) in [6.45, 7) is 1.49. The predicted molar refractivity (Wildman–Crippen MR) is 74.9 cm³/mol. The van der Waals surface area contributed by atoms with Crippen LogP contribution in [-0.4, -0.2) is 42.5 Å². The molecular formula is C15H23F3N2O2.